The molecule has 6 heteroatoms. The Hall–Kier alpha value is -2.57. The predicted octanol–water partition coefficient (Wildman–Crippen LogP) is 2.93. The van der Waals surface area contributed by atoms with Crippen LogP contribution >= 0.6 is 0 Å². The van der Waals surface area contributed by atoms with Crippen molar-refractivity contribution in [3.8, 4) is 5.75 Å². The highest BCUT2D eigenvalue weighted by Crippen LogP contribution is 2.30. The smallest absolute Gasteiger partial charge is 0.238 e. The van der Waals surface area contributed by atoms with Gasteiger partial charge in [0.25, 0.3) is 0 Å². The van der Waals surface area contributed by atoms with Crippen molar-refractivity contribution in [1.82, 2.24) is 0 Å². The van der Waals surface area contributed by atoms with Crippen molar-refractivity contribution in [3.63, 3.8) is 0 Å². The summed E-state index contributed by atoms with van der Waals surface area (Å²) in [6, 6.07) is 19.3. The Kier molecular flexibility index (Phi) is 4.30. The molecule has 0 radical (unpaired) electrons. The van der Waals surface area contributed by atoms with E-state index in [1.54, 1.807) is 12.1 Å². The number of primary sulfonamides is 1. The largest absolute Gasteiger partial charge is 0.491 e. The third-order valence-electron chi connectivity index (χ3n) is 4.74. The number of benzene rings is 3. The summed E-state index contributed by atoms with van der Waals surface area (Å²) in [7, 11) is -3.66. The molecule has 0 fully saturated rings. The van der Waals surface area contributed by atoms with Crippen molar-refractivity contribution in [2.75, 3.05) is 24.6 Å². The molecule has 0 saturated heterocycles. The number of rotatable bonds is 5. The summed E-state index contributed by atoms with van der Waals surface area (Å²) in [5.41, 5.74) is 2.07. The number of nitrogens with zero attached hydrogens (tertiary/aromatic N) is 1. The number of nitrogens with two attached hydrogens (primary N) is 1. The highest BCUT2D eigenvalue weighted by atomic mass is 32.2. The fourth-order valence-electron chi connectivity index (χ4n) is 3.44. The van der Waals surface area contributed by atoms with E-state index in [1.807, 2.05) is 30.3 Å². The van der Waals surface area contributed by atoms with Gasteiger partial charge in [-0.3, -0.25) is 0 Å². The van der Waals surface area contributed by atoms with Gasteiger partial charge in [0.1, 0.15) is 12.4 Å². The summed E-state index contributed by atoms with van der Waals surface area (Å²) in [5.74, 6) is 0.882. The normalized spacial score (nSPS) is 13.8. The number of ether oxygens (including phenoxy) is 1. The highest BCUT2D eigenvalue weighted by molar-refractivity contribution is 7.89. The zero-order valence-electron chi connectivity index (χ0n) is 14.3. The summed E-state index contributed by atoms with van der Waals surface area (Å²) in [4.78, 5) is 2.39. The molecule has 0 saturated carbocycles. The van der Waals surface area contributed by atoms with Crippen LogP contribution in [0, 0.1) is 0 Å². The Morgan fingerprint density at radius 3 is 2.69 bits per heavy atom. The molecule has 4 rings (SSSR count). The van der Waals surface area contributed by atoms with Crippen LogP contribution in [0.3, 0.4) is 0 Å². The summed E-state index contributed by atoms with van der Waals surface area (Å²) >= 11 is 0. The first-order valence-corrected chi connectivity index (χ1v) is 10.1. The molecule has 26 heavy (non-hydrogen) atoms. The predicted molar refractivity (Wildman–Crippen MR) is 103 cm³/mol. The quantitative estimate of drug-likeness (QED) is 0.752. The molecule has 0 spiro atoms. The van der Waals surface area contributed by atoms with Gasteiger partial charge < -0.3 is 9.64 Å². The molecule has 3 aromatic carbocycles. The lowest BCUT2D eigenvalue weighted by molar-refractivity contribution is 0.328. The highest BCUT2D eigenvalue weighted by Gasteiger charge is 2.21. The van der Waals surface area contributed by atoms with E-state index in [1.165, 1.54) is 0 Å². The van der Waals surface area contributed by atoms with Gasteiger partial charge in [0, 0.05) is 17.6 Å². The summed E-state index contributed by atoms with van der Waals surface area (Å²) in [6.07, 6.45) is 0.812. The molecule has 3 aromatic rings. The molecular weight excluding hydrogens is 348 g/mol. The summed E-state index contributed by atoms with van der Waals surface area (Å²) in [6.45, 7) is 2.15. The number of hydrogen-bond donors (Lipinski definition) is 1. The van der Waals surface area contributed by atoms with E-state index in [4.69, 9.17) is 9.88 Å². The zero-order valence-corrected chi connectivity index (χ0v) is 15.1. The van der Waals surface area contributed by atoms with Crippen LogP contribution in [0.2, 0.25) is 0 Å². The van der Waals surface area contributed by atoms with Crippen LogP contribution in [0.25, 0.3) is 10.8 Å². The van der Waals surface area contributed by atoms with Crippen LogP contribution < -0.4 is 14.8 Å². The van der Waals surface area contributed by atoms with E-state index >= 15 is 0 Å². The maximum absolute atomic E-state index is 11.5. The van der Waals surface area contributed by atoms with Crippen molar-refractivity contribution in [2.24, 2.45) is 5.14 Å². The Morgan fingerprint density at radius 2 is 1.85 bits per heavy atom. The van der Waals surface area contributed by atoms with Gasteiger partial charge in [-0.1, -0.05) is 36.4 Å². The maximum Gasteiger partial charge on any atom is 0.238 e. The second-order valence-corrected chi connectivity index (χ2v) is 7.96. The Labute approximate surface area is 153 Å². The second kappa shape index (κ2) is 6.63. The van der Waals surface area contributed by atoms with Crippen LogP contribution in [0.5, 0.6) is 5.75 Å². The maximum atomic E-state index is 11.5. The Morgan fingerprint density at radius 1 is 1.04 bits per heavy atom. The molecule has 0 bridgehead atoms. The van der Waals surface area contributed by atoms with Gasteiger partial charge in [0.15, 0.2) is 0 Å². The van der Waals surface area contributed by atoms with Gasteiger partial charge in [-0.15, -0.1) is 0 Å². The lowest BCUT2D eigenvalue weighted by Gasteiger charge is -2.20. The molecule has 5 nitrogen and oxygen atoms in total. The standard InChI is InChI=1S/C20H20N2O3S/c21-26(23,24)17-8-9-19-16(14-17)10-11-22(19)12-13-25-20-7-3-5-15-4-1-2-6-18(15)20/h1-9,14H,10-13H2,(H2,21,23,24). The van der Waals surface area contributed by atoms with E-state index in [0.717, 1.165) is 47.3 Å². The lowest BCUT2D eigenvalue weighted by atomic mass is 10.1. The van der Waals surface area contributed by atoms with E-state index in [2.05, 4.69) is 23.1 Å². The van der Waals surface area contributed by atoms with Crippen molar-refractivity contribution in [2.45, 2.75) is 11.3 Å². The molecule has 0 atom stereocenters. The number of anilines is 1. The van der Waals surface area contributed by atoms with Crippen molar-refractivity contribution in [1.29, 1.82) is 0 Å². The lowest BCUT2D eigenvalue weighted by Crippen LogP contribution is -2.26. The van der Waals surface area contributed by atoms with E-state index in [0.29, 0.717) is 6.61 Å². The molecule has 1 heterocycles. The van der Waals surface area contributed by atoms with E-state index < -0.39 is 10.0 Å². The first-order valence-electron chi connectivity index (χ1n) is 8.53. The SMILES string of the molecule is NS(=O)(=O)c1ccc2c(c1)CCN2CCOc1cccc2ccccc12. The van der Waals surface area contributed by atoms with Gasteiger partial charge in [-0.25, -0.2) is 13.6 Å². The molecule has 134 valence electrons. The second-order valence-electron chi connectivity index (χ2n) is 6.40. The van der Waals surface area contributed by atoms with Crippen LogP contribution in [-0.2, 0) is 16.4 Å². The average molecular weight is 368 g/mol. The number of hydrogen-bond acceptors (Lipinski definition) is 4. The minimum Gasteiger partial charge on any atom is -0.491 e. The monoisotopic (exact) mass is 368 g/mol. The minimum atomic E-state index is -3.66. The first-order chi connectivity index (χ1) is 12.5. The summed E-state index contributed by atoms with van der Waals surface area (Å²) < 4.78 is 29.0. The number of fused-ring (bicyclic) bond motifs is 2. The van der Waals surface area contributed by atoms with E-state index in [-0.39, 0.29) is 4.90 Å². The molecule has 1 aliphatic heterocycles. The molecule has 0 aliphatic carbocycles. The van der Waals surface area contributed by atoms with E-state index in [9.17, 15) is 8.42 Å². The summed E-state index contributed by atoms with van der Waals surface area (Å²) in [5, 5.41) is 7.48. The van der Waals surface area contributed by atoms with Crippen LogP contribution in [-0.4, -0.2) is 28.1 Å². The van der Waals surface area contributed by atoms with Gasteiger partial charge in [-0.05, 0) is 41.6 Å². The fraction of sp³-hybridized carbons (Fsp3) is 0.200. The Bertz CT molecular complexity index is 1060. The van der Waals surface area contributed by atoms with Gasteiger partial charge in [0.2, 0.25) is 10.0 Å². The molecule has 1 aliphatic rings. The fourth-order valence-corrected chi connectivity index (χ4v) is 4.01. The zero-order chi connectivity index (χ0) is 18.1. The van der Waals surface area contributed by atoms with Gasteiger partial charge >= 0.3 is 0 Å². The van der Waals surface area contributed by atoms with Gasteiger partial charge in [0.05, 0.1) is 11.4 Å². The third kappa shape index (κ3) is 3.25. The number of sulfonamides is 1. The van der Waals surface area contributed by atoms with Crippen LogP contribution in [0.15, 0.2) is 65.6 Å². The van der Waals surface area contributed by atoms with Crippen molar-refractivity contribution >= 4 is 26.5 Å². The van der Waals surface area contributed by atoms with Crippen molar-refractivity contribution < 1.29 is 13.2 Å². The molecule has 0 aromatic heterocycles. The third-order valence-corrected chi connectivity index (χ3v) is 5.65. The molecule has 2 N–H and O–H groups in total. The molecule has 0 unspecified atom stereocenters. The minimum absolute atomic E-state index is 0.171. The molecular formula is C20H20N2O3S. The Balaban J connectivity index is 1.46. The molecule has 0 amide bonds. The van der Waals surface area contributed by atoms with Crippen molar-refractivity contribution in [3.05, 3.63) is 66.2 Å². The van der Waals surface area contributed by atoms with Gasteiger partial charge in [-0.2, -0.15) is 0 Å². The van der Waals surface area contributed by atoms with Crippen LogP contribution in [0.4, 0.5) is 5.69 Å². The first kappa shape index (κ1) is 16.9. The average Bonchev–Trinajstić information content (AvgIpc) is 3.04. The van der Waals surface area contributed by atoms with Crippen LogP contribution in [0.1, 0.15) is 5.56 Å². The topological polar surface area (TPSA) is 72.6 Å².